The predicted molar refractivity (Wildman–Crippen MR) is 72.5 cm³/mol. The maximum Gasteiger partial charge on any atom is 0.194 e. The number of benzene rings is 1. The molecule has 100 valence electrons. The zero-order chi connectivity index (χ0) is 13.9. The fourth-order valence-corrected chi connectivity index (χ4v) is 2.00. The van der Waals surface area contributed by atoms with Gasteiger partial charge in [0, 0.05) is 12.2 Å². The number of ketones is 1. The van der Waals surface area contributed by atoms with Crippen LogP contribution in [0, 0.1) is 13.8 Å². The van der Waals surface area contributed by atoms with Crippen LogP contribution in [0.5, 0.6) is 5.75 Å². The molecule has 0 aromatic heterocycles. The van der Waals surface area contributed by atoms with E-state index in [1.807, 2.05) is 32.9 Å². The molecule has 0 aliphatic carbocycles. The number of carbonyl (C=O) groups is 1. The van der Waals surface area contributed by atoms with Crippen LogP contribution in [0.15, 0.2) is 12.1 Å². The molecule has 1 aromatic rings. The third kappa shape index (κ3) is 2.91. The third-order valence-electron chi connectivity index (χ3n) is 3.04. The zero-order valence-electron chi connectivity index (χ0n) is 12.1. The fraction of sp³-hybridized carbons (Fsp3) is 0.533. The summed E-state index contributed by atoms with van der Waals surface area (Å²) < 4.78 is 10.8. The quantitative estimate of drug-likeness (QED) is 0.752. The Morgan fingerprint density at radius 3 is 2.33 bits per heavy atom. The van der Waals surface area contributed by atoms with Gasteiger partial charge in [-0.15, -0.1) is 0 Å². The lowest BCUT2D eigenvalue weighted by Gasteiger charge is -2.24. The number of carbonyl (C=O) groups excluding carboxylic acids is 1. The van der Waals surface area contributed by atoms with E-state index in [2.05, 4.69) is 0 Å². The predicted octanol–water partition coefficient (Wildman–Crippen LogP) is 3.31. The topological polar surface area (TPSA) is 35.5 Å². The van der Waals surface area contributed by atoms with E-state index in [0.717, 1.165) is 16.9 Å². The van der Waals surface area contributed by atoms with Gasteiger partial charge >= 0.3 is 0 Å². The van der Waals surface area contributed by atoms with E-state index in [9.17, 15) is 4.79 Å². The molecule has 0 aliphatic heterocycles. The number of aryl methyl sites for hydroxylation is 2. The monoisotopic (exact) mass is 250 g/mol. The first-order valence-corrected chi connectivity index (χ1v) is 6.17. The molecule has 3 heteroatoms. The molecule has 0 spiro atoms. The van der Waals surface area contributed by atoms with Crippen molar-refractivity contribution in [3.63, 3.8) is 0 Å². The van der Waals surface area contributed by atoms with Gasteiger partial charge < -0.3 is 9.47 Å². The van der Waals surface area contributed by atoms with Gasteiger partial charge in [0.05, 0.1) is 7.11 Å². The maximum atomic E-state index is 12.5. The summed E-state index contributed by atoms with van der Waals surface area (Å²) in [5, 5.41) is 0. The standard InChI is InChI=1S/C15H22O3/c1-7-18-15(4,5)14(16)12-8-11(3)13(17-6)9-10(12)2/h8-9H,7H2,1-6H3. The lowest BCUT2D eigenvalue weighted by atomic mass is 9.92. The molecule has 0 amide bonds. The SMILES string of the molecule is CCOC(C)(C)C(=O)c1cc(C)c(OC)cc1C. The minimum Gasteiger partial charge on any atom is -0.496 e. The average molecular weight is 250 g/mol. The lowest BCUT2D eigenvalue weighted by molar-refractivity contribution is 0.00120. The van der Waals surface area contributed by atoms with Crippen molar-refractivity contribution in [2.75, 3.05) is 13.7 Å². The summed E-state index contributed by atoms with van der Waals surface area (Å²) in [6.07, 6.45) is 0. The number of ether oxygens (including phenoxy) is 2. The van der Waals surface area contributed by atoms with Gasteiger partial charge in [0.1, 0.15) is 11.4 Å². The molecule has 0 saturated heterocycles. The van der Waals surface area contributed by atoms with E-state index in [1.54, 1.807) is 21.0 Å². The van der Waals surface area contributed by atoms with E-state index in [4.69, 9.17) is 9.47 Å². The minimum atomic E-state index is -0.791. The van der Waals surface area contributed by atoms with Gasteiger partial charge in [-0.25, -0.2) is 0 Å². The van der Waals surface area contributed by atoms with Crippen molar-refractivity contribution >= 4 is 5.78 Å². The van der Waals surface area contributed by atoms with Crippen LogP contribution >= 0.6 is 0 Å². The maximum absolute atomic E-state index is 12.5. The van der Waals surface area contributed by atoms with Crippen molar-refractivity contribution in [1.29, 1.82) is 0 Å². The minimum absolute atomic E-state index is 0.00704. The van der Waals surface area contributed by atoms with Crippen LogP contribution in [0.25, 0.3) is 0 Å². The summed E-state index contributed by atoms with van der Waals surface area (Å²) in [6, 6.07) is 3.77. The number of methoxy groups -OCH3 is 1. The second-order valence-corrected chi connectivity index (χ2v) is 4.91. The third-order valence-corrected chi connectivity index (χ3v) is 3.04. The van der Waals surface area contributed by atoms with E-state index in [0.29, 0.717) is 12.2 Å². The number of rotatable bonds is 5. The summed E-state index contributed by atoms with van der Waals surface area (Å²) >= 11 is 0. The number of hydrogen-bond acceptors (Lipinski definition) is 3. The molecule has 0 N–H and O–H groups in total. The highest BCUT2D eigenvalue weighted by molar-refractivity contribution is 6.03. The molecule has 0 atom stereocenters. The molecule has 0 unspecified atom stereocenters. The molecular formula is C15H22O3. The first-order valence-electron chi connectivity index (χ1n) is 6.17. The Morgan fingerprint density at radius 1 is 1.22 bits per heavy atom. The summed E-state index contributed by atoms with van der Waals surface area (Å²) in [6.45, 7) is 9.86. The van der Waals surface area contributed by atoms with Gasteiger partial charge in [0.25, 0.3) is 0 Å². The van der Waals surface area contributed by atoms with Crippen molar-refractivity contribution < 1.29 is 14.3 Å². The zero-order valence-corrected chi connectivity index (χ0v) is 12.1. The Morgan fingerprint density at radius 2 is 1.83 bits per heavy atom. The fourth-order valence-electron chi connectivity index (χ4n) is 2.00. The highest BCUT2D eigenvalue weighted by Gasteiger charge is 2.30. The molecular weight excluding hydrogens is 228 g/mol. The molecule has 18 heavy (non-hydrogen) atoms. The van der Waals surface area contributed by atoms with Crippen LogP contribution in [0.2, 0.25) is 0 Å². The Bertz CT molecular complexity index is 447. The van der Waals surface area contributed by atoms with Crippen LogP contribution in [-0.4, -0.2) is 25.1 Å². The summed E-state index contributed by atoms with van der Waals surface area (Å²) in [5.74, 6) is 0.811. The van der Waals surface area contributed by atoms with Gasteiger partial charge in [-0.05, 0) is 57.9 Å². The summed E-state index contributed by atoms with van der Waals surface area (Å²) in [4.78, 5) is 12.5. The normalized spacial score (nSPS) is 11.4. The molecule has 3 nitrogen and oxygen atoms in total. The van der Waals surface area contributed by atoms with Gasteiger partial charge in [0.15, 0.2) is 5.78 Å². The Balaban J connectivity index is 3.18. The van der Waals surface area contributed by atoms with Crippen molar-refractivity contribution in [3.8, 4) is 5.75 Å². The van der Waals surface area contributed by atoms with Gasteiger partial charge in [0.2, 0.25) is 0 Å². The van der Waals surface area contributed by atoms with E-state index in [1.165, 1.54) is 0 Å². The molecule has 0 saturated carbocycles. The van der Waals surface area contributed by atoms with Crippen LogP contribution in [-0.2, 0) is 4.74 Å². The second-order valence-electron chi connectivity index (χ2n) is 4.91. The van der Waals surface area contributed by atoms with Crippen LogP contribution < -0.4 is 4.74 Å². The van der Waals surface area contributed by atoms with Crippen LogP contribution in [0.1, 0.15) is 42.3 Å². The molecule has 1 aromatic carbocycles. The van der Waals surface area contributed by atoms with Gasteiger partial charge in [-0.1, -0.05) is 0 Å². The van der Waals surface area contributed by atoms with E-state index < -0.39 is 5.60 Å². The molecule has 0 aliphatic rings. The average Bonchev–Trinajstić information content (AvgIpc) is 2.30. The summed E-state index contributed by atoms with van der Waals surface area (Å²) in [7, 11) is 1.63. The number of hydrogen-bond donors (Lipinski definition) is 0. The molecule has 0 bridgehead atoms. The number of Topliss-reactive ketones (excluding diaryl/α,β-unsaturated/α-hetero) is 1. The first kappa shape index (κ1) is 14.7. The van der Waals surface area contributed by atoms with Gasteiger partial charge in [-0.2, -0.15) is 0 Å². The highest BCUT2D eigenvalue weighted by atomic mass is 16.5. The van der Waals surface area contributed by atoms with Crippen LogP contribution in [0.4, 0.5) is 0 Å². The van der Waals surface area contributed by atoms with E-state index in [-0.39, 0.29) is 5.78 Å². The molecule has 0 heterocycles. The smallest absolute Gasteiger partial charge is 0.194 e. The first-order chi connectivity index (χ1) is 8.33. The second kappa shape index (κ2) is 5.53. The Labute approximate surface area is 109 Å². The van der Waals surface area contributed by atoms with Crippen molar-refractivity contribution in [1.82, 2.24) is 0 Å². The largest absolute Gasteiger partial charge is 0.496 e. The lowest BCUT2D eigenvalue weighted by Crippen LogP contribution is -2.35. The molecule has 1 rings (SSSR count). The van der Waals surface area contributed by atoms with Crippen molar-refractivity contribution in [2.24, 2.45) is 0 Å². The van der Waals surface area contributed by atoms with Gasteiger partial charge in [-0.3, -0.25) is 4.79 Å². The van der Waals surface area contributed by atoms with Crippen molar-refractivity contribution in [3.05, 3.63) is 28.8 Å². The van der Waals surface area contributed by atoms with E-state index >= 15 is 0 Å². The Kier molecular flexibility index (Phi) is 4.52. The molecule has 0 radical (unpaired) electrons. The van der Waals surface area contributed by atoms with Crippen LogP contribution in [0.3, 0.4) is 0 Å². The molecule has 0 fully saturated rings. The van der Waals surface area contributed by atoms with Crippen molar-refractivity contribution in [2.45, 2.75) is 40.2 Å². The summed E-state index contributed by atoms with van der Waals surface area (Å²) in [5.41, 5.74) is 1.78. The highest BCUT2D eigenvalue weighted by Crippen LogP contribution is 2.26. The Hall–Kier alpha value is -1.35.